The summed E-state index contributed by atoms with van der Waals surface area (Å²) in [6.07, 6.45) is 2.37. The van der Waals surface area contributed by atoms with Crippen molar-refractivity contribution < 1.29 is 9.47 Å². The van der Waals surface area contributed by atoms with E-state index in [1.807, 2.05) is 18.2 Å². The van der Waals surface area contributed by atoms with Crippen molar-refractivity contribution in [2.45, 2.75) is 33.2 Å². The van der Waals surface area contributed by atoms with Gasteiger partial charge >= 0.3 is 0 Å². The van der Waals surface area contributed by atoms with Crippen molar-refractivity contribution in [1.82, 2.24) is 10.6 Å². The maximum Gasteiger partial charge on any atom is 0.231 e. The fraction of sp³-hybridized carbons (Fsp3) is 0.562. The molecule has 0 saturated heterocycles. The predicted octanol–water partition coefficient (Wildman–Crippen LogP) is 3.13. The summed E-state index contributed by atoms with van der Waals surface area (Å²) >= 11 is 0. The summed E-state index contributed by atoms with van der Waals surface area (Å²) in [5.74, 6) is 3.15. The molecule has 2 N–H and O–H groups in total. The van der Waals surface area contributed by atoms with Crippen molar-refractivity contribution in [1.29, 1.82) is 0 Å². The molecule has 1 aliphatic rings. The van der Waals surface area contributed by atoms with Crippen LogP contribution in [-0.4, -0.2) is 26.3 Å². The lowest BCUT2D eigenvalue weighted by atomic mass is 10.0. The van der Waals surface area contributed by atoms with E-state index < -0.39 is 0 Å². The second-order valence-corrected chi connectivity index (χ2v) is 5.18. The molecular formula is C16H26IN3O2. The van der Waals surface area contributed by atoms with Gasteiger partial charge in [-0.2, -0.15) is 0 Å². The molecule has 0 atom stereocenters. The minimum Gasteiger partial charge on any atom is -0.454 e. The smallest absolute Gasteiger partial charge is 0.231 e. The van der Waals surface area contributed by atoms with Crippen LogP contribution in [-0.2, 0) is 6.54 Å². The van der Waals surface area contributed by atoms with Crippen molar-refractivity contribution in [3.8, 4) is 11.5 Å². The summed E-state index contributed by atoms with van der Waals surface area (Å²) in [5, 5.41) is 6.70. The van der Waals surface area contributed by atoms with E-state index in [1.165, 1.54) is 12.8 Å². The van der Waals surface area contributed by atoms with Gasteiger partial charge in [-0.05, 0) is 23.6 Å². The summed E-state index contributed by atoms with van der Waals surface area (Å²) < 4.78 is 10.7. The third-order valence-corrected chi connectivity index (χ3v) is 3.83. The summed E-state index contributed by atoms with van der Waals surface area (Å²) in [7, 11) is 1.79. The standard InChI is InChI=1S/C16H25N3O2.HI/c1-4-12(5-2)9-18-16(17-3)19-10-13-6-7-14-15(8-13)21-11-20-14;/h6-8,12H,4-5,9-11H2,1-3H3,(H2,17,18,19);1H. The van der Waals surface area contributed by atoms with Crippen LogP contribution in [0.5, 0.6) is 11.5 Å². The zero-order chi connectivity index (χ0) is 15.1. The maximum absolute atomic E-state index is 5.38. The number of nitrogens with one attached hydrogen (secondary N) is 2. The third kappa shape index (κ3) is 5.23. The van der Waals surface area contributed by atoms with Crippen molar-refractivity contribution in [2.24, 2.45) is 10.9 Å². The zero-order valence-electron chi connectivity index (χ0n) is 13.5. The van der Waals surface area contributed by atoms with Crippen molar-refractivity contribution in [2.75, 3.05) is 20.4 Å². The molecule has 1 heterocycles. The molecule has 0 radical (unpaired) electrons. The Kier molecular flexibility index (Phi) is 8.37. The lowest BCUT2D eigenvalue weighted by Crippen LogP contribution is -2.39. The number of aliphatic imine (C=N–C) groups is 1. The Bertz CT molecular complexity index is 490. The number of fused-ring (bicyclic) bond motifs is 1. The monoisotopic (exact) mass is 419 g/mol. The van der Waals surface area contributed by atoms with Gasteiger partial charge in [-0.3, -0.25) is 4.99 Å². The average Bonchev–Trinajstić information content (AvgIpc) is 2.98. The van der Waals surface area contributed by atoms with Crippen LogP contribution in [0, 0.1) is 5.92 Å². The lowest BCUT2D eigenvalue weighted by molar-refractivity contribution is 0.174. The number of nitrogens with zero attached hydrogens (tertiary/aromatic N) is 1. The molecule has 1 aliphatic heterocycles. The minimum absolute atomic E-state index is 0. The topological polar surface area (TPSA) is 54.9 Å². The Labute approximate surface area is 149 Å². The molecule has 6 heteroatoms. The van der Waals surface area contributed by atoms with Crippen LogP contribution in [0.1, 0.15) is 32.3 Å². The highest BCUT2D eigenvalue weighted by Crippen LogP contribution is 2.32. The molecule has 0 unspecified atom stereocenters. The second-order valence-electron chi connectivity index (χ2n) is 5.18. The van der Waals surface area contributed by atoms with Crippen LogP contribution in [0.15, 0.2) is 23.2 Å². The summed E-state index contributed by atoms with van der Waals surface area (Å²) in [5.41, 5.74) is 1.14. The summed E-state index contributed by atoms with van der Waals surface area (Å²) in [6.45, 7) is 6.41. The van der Waals surface area contributed by atoms with Gasteiger partial charge in [0.2, 0.25) is 6.79 Å². The summed E-state index contributed by atoms with van der Waals surface area (Å²) in [4.78, 5) is 4.25. The van der Waals surface area contributed by atoms with Gasteiger partial charge in [0.1, 0.15) is 0 Å². The molecule has 0 amide bonds. The molecule has 0 saturated carbocycles. The number of benzene rings is 1. The molecule has 0 fully saturated rings. The fourth-order valence-electron chi connectivity index (χ4n) is 2.28. The normalized spacial score (nSPS) is 13.0. The first-order valence-corrected chi connectivity index (χ1v) is 7.59. The second kappa shape index (κ2) is 9.76. The highest BCUT2D eigenvalue weighted by atomic mass is 127. The third-order valence-electron chi connectivity index (χ3n) is 3.83. The molecular weight excluding hydrogens is 393 g/mol. The minimum atomic E-state index is 0. The Morgan fingerprint density at radius 1 is 1.18 bits per heavy atom. The van der Waals surface area contributed by atoms with Gasteiger partial charge in [0.05, 0.1) is 0 Å². The molecule has 22 heavy (non-hydrogen) atoms. The van der Waals surface area contributed by atoms with E-state index in [9.17, 15) is 0 Å². The molecule has 124 valence electrons. The van der Waals surface area contributed by atoms with Gasteiger partial charge in [0.25, 0.3) is 0 Å². The van der Waals surface area contributed by atoms with Gasteiger partial charge in [0.15, 0.2) is 17.5 Å². The van der Waals surface area contributed by atoms with E-state index in [-0.39, 0.29) is 24.0 Å². The average molecular weight is 419 g/mol. The number of halogens is 1. The van der Waals surface area contributed by atoms with Crippen LogP contribution >= 0.6 is 24.0 Å². The van der Waals surface area contributed by atoms with E-state index >= 15 is 0 Å². The number of hydrogen-bond acceptors (Lipinski definition) is 3. The number of ether oxygens (including phenoxy) is 2. The van der Waals surface area contributed by atoms with Crippen LogP contribution in [0.25, 0.3) is 0 Å². The molecule has 1 aromatic carbocycles. The number of guanidine groups is 1. The highest BCUT2D eigenvalue weighted by Gasteiger charge is 2.13. The van der Waals surface area contributed by atoms with Crippen LogP contribution in [0.4, 0.5) is 0 Å². The largest absolute Gasteiger partial charge is 0.454 e. The van der Waals surface area contributed by atoms with Crippen LogP contribution in [0.3, 0.4) is 0 Å². The van der Waals surface area contributed by atoms with E-state index in [2.05, 4.69) is 29.5 Å². The van der Waals surface area contributed by atoms with Crippen molar-refractivity contribution in [3.63, 3.8) is 0 Å². The number of rotatable bonds is 6. The van der Waals surface area contributed by atoms with Crippen molar-refractivity contribution >= 4 is 29.9 Å². The maximum atomic E-state index is 5.38. The Balaban J connectivity index is 0.00000242. The quantitative estimate of drug-likeness (QED) is 0.423. The van der Waals surface area contributed by atoms with E-state index in [0.29, 0.717) is 19.3 Å². The first-order chi connectivity index (χ1) is 10.3. The lowest BCUT2D eigenvalue weighted by Gasteiger charge is -2.16. The molecule has 0 bridgehead atoms. The van der Waals surface area contributed by atoms with Crippen LogP contribution < -0.4 is 20.1 Å². The molecule has 0 spiro atoms. The Hall–Kier alpha value is -1.18. The van der Waals surface area contributed by atoms with Crippen LogP contribution in [0.2, 0.25) is 0 Å². The van der Waals surface area contributed by atoms with Gasteiger partial charge in [-0.1, -0.05) is 32.8 Å². The molecule has 1 aromatic rings. The highest BCUT2D eigenvalue weighted by molar-refractivity contribution is 14.0. The van der Waals surface area contributed by atoms with E-state index in [0.717, 1.165) is 29.6 Å². The fourth-order valence-corrected chi connectivity index (χ4v) is 2.28. The molecule has 0 aliphatic carbocycles. The molecule has 5 nitrogen and oxygen atoms in total. The van der Waals surface area contributed by atoms with E-state index in [4.69, 9.17) is 9.47 Å². The molecule has 0 aromatic heterocycles. The van der Waals surface area contributed by atoms with Gasteiger partial charge in [-0.15, -0.1) is 24.0 Å². The SMILES string of the molecule is CCC(CC)CNC(=NC)NCc1ccc2c(c1)OCO2.I. The number of hydrogen-bond donors (Lipinski definition) is 2. The Morgan fingerprint density at radius 2 is 1.91 bits per heavy atom. The van der Waals surface area contributed by atoms with E-state index in [1.54, 1.807) is 7.05 Å². The van der Waals surface area contributed by atoms with Gasteiger partial charge < -0.3 is 20.1 Å². The predicted molar refractivity (Wildman–Crippen MR) is 100 cm³/mol. The van der Waals surface area contributed by atoms with Crippen molar-refractivity contribution in [3.05, 3.63) is 23.8 Å². The van der Waals surface area contributed by atoms with Gasteiger partial charge in [0, 0.05) is 20.1 Å². The van der Waals surface area contributed by atoms with Gasteiger partial charge in [-0.25, -0.2) is 0 Å². The summed E-state index contributed by atoms with van der Waals surface area (Å²) in [6, 6.07) is 5.98. The zero-order valence-corrected chi connectivity index (χ0v) is 15.8. The first kappa shape index (κ1) is 18.9. The first-order valence-electron chi connectivity index (χ1n) is 7.59. The molecule has 2 rings (SSSR count). The Morgan fingerprint density at radius 3 is 2.59 bits per heavy atom.